The number of pyridine rings is 1. The Balaban J connectivity index is 0.00000387. The van der Waals surface area contributed by atoms with E-state index in [1.165, 1.54) is 5.56 Å². The molecule has 256 valence electrons. The van der Waals surface area contributed by atoms with E-state index in [1.54, 1.807) is 6.07 Å². The molecule has 0 aliphatic heterocycles. The summed E-state index contributed by atoms with van der Waals surface area (Å²) in [6, 6.07) is 50.7. The maximum absolute atomic E-state index is 11.6. The molecule has 5 nitrogen and oxygen atoms in total. The largest absolute Gasteiger partial charge is 0.507 e. The van der Waals surface area contributed by atoms with E-state index in [2.05, 4.69) is 104 Å². The molecular weight excluding hydrogens is 822 g/mol. The number of hydrogen-bond acceptors (Lipinski definition) is 4. The molecule has 9 aromatic rings. The van der Waals surface area contributed by atoms with Gasteiger partial charge in [-0.3, -0.25) is 9.55 Å². The number of aromatic nitrogens is 3. The zero-order chi connectivity index (χ0) is 34.7. The second kappa shape index (κ2) is 13.1. The molecule has 9 rings (SSSR count). The van der Waals surface area contributed by atoms with Gasteiger partial charge >= 0.3 is 0 Å². The Morgan fingerprint density at radius 1 is 0.654 bits per heavy atom. The molecular formula is C46H34N3O2Pt-. The summed E-state index contributed by atoms with van der Waals surface area (Å²) in [4.78, 5) is 10.1. The van der Waals surface area contributed by atoms with Crippen LogP contribution in [0.25, 0.3) is 83.6 Å². The number of rotatable bonds is 5. The Morgan fingerprint density at radius 2 is 1.38 bits per heavy atom. The van der Waals surface area contributed by atoms with Crippen molar-refractivity contribution in [3.05, 3.63) is 157 Å². The van der Waals surface area contributed by atoms with Crippen LogP contribution >= 0.6 is 0 Å². The van der Waals surface area contributed by atoms with Crippen LogP contribution in [0.5, 0.6) is 5.75 Å². The van der Waals surface area contributed by atoms with Crippen LogP contribution in [0.1, 0.15) is 26.3 Å². The second-order valence-electron chi connectivity index (χ2n) is 14.0. The number of nitrogens with zero attached hydrogens (tertiary/aromatic N) is 3. The van der Waals surface area contributed by atoms with Gasteiger partial charge in [0, 0.05) is 49.4 Å². The Bertz CT molecular complexity index is 2740. The van der Waals surface area contributed by atoms with E-state index >= 15 is 0 Å². The molecule has 0 saturated carbocycles. The molecule has 3 heterocycles. The van der Waals surface area contributed by atoms with Crippen LogP contribution < -0.4 is 0 Å². The Hall–Kier alpha value is -5.77. The summed E-state index contributed by atoms with van der Waals surface area (Å²) < 4.78 is 8.37. The van der Waals surface area contributed by atoms with Crippen molar-refractivity contribution in [1.82, 2.24) is 14.5 Å². The normalized spacial score (nSPS) is 11.7. The first-order valence-electron chi connectivity index (χ1n) is 17.1. The summed E-state index contributed by atoms with van der Waals surface area (Å²) in [5, 5.41) is 13.4. The van der Waals surface area contributed by atoms with Crippen LogP contribution in [0, 0.1) is 6.07 Å². The third-order valence-electron chi connectivity index (χ3n) is 9.60. The van der Waals surface area contributed by atoms with Crippen LogP contribution in [0.3, 0.4) is 0 Å². The first-order valence-corrected chi connectivity index (χ1v) is 17.1. The molecule has 0 saturated heterocycles. The minimum atomic E-state index is -0.133. The molecule has 6 aromatic carbocycles. The summed E-state index contributed by atoms with van der Waals surface area (Å²) in [6.07, 6.45) is 1.87. The van der Waals surface area contributed by atoms with E-state index < -0.39 is 0 Å². The van der Waals surface area contributed by atoms with Crippen molar-refractivity contribution in [1.29, 1.82) is 0 Å². The summed E-state index contributed by atoms with van der Waals surface area (Å²) in [5.74, 6) is 0.754. The number of furan rings is 1. The third-order valence-corrected chi connectivity index (χ3v) is 9.60. The topological polar surface area (TPSA) is 64.1 Å². The summed E-state index contributed by atoms with van der Waals surface area (Å²) in [6.45, 7) is 6.68. The van der Waals surface area contributed by atoms with E-state index in [9.17, 15) is 5.11 Å². The van der Waals surface area contributed by atoms with Gasteiger partial charge in [-0.05, 0) is 59.0 Å². The van der Waals surface area contributed by atoms with Crippen LogP contribution in [0.4, 0.5) is 0 Å². The molecule has 0 aliphatic rings. The number of para-hydroxylation sites is 3. The van der Waals surface area contributed by atoms with Crippen molar-refractivity contribution in [2.45, 2.75) is 26.2 Å². The van der Waals surface area contributed by atoms with Crippen molar-refractivity contribution in [3.8, 4) is 56.3 Å². The average Bonchev–Trinajstić information content (AvgIpc) is 3.73. The first kappa shape index (κ1) is 33.4. The standard InChI is InChI=1S/C46H34N3O2.Pt/c1-46(2,3)33-24-31(23-32(25-33)39-26-30(21-22-47-39)29-13-6-4-7-14-29)35-18-12-19-40-44(35)48-45(49(40)34-15-8-5-9-16-34)38-28-43-37(27-41(38)50)36-17-10-11-20-42(36)51-43;/h4-22,24-28,50H,1-3H3;/q-1;. The fourth-order valence-electron chi connectivity index (χ4n) is 6.95. The molecule has 3 aromatic heterocycles. The second-order valence-corrected chi connectivity index (χ2v) is 14.0. The van der Waals surface area contributed by atoms with E-state index in [0.29, 0.717) is 17.0 Å². The quantitative estimate of drug-likeness (QED) is 0.175. The van der Waals surface area contributed by atoms with Gasteiger partial charge in [-0.25, -0.2) is 4.98 Å². The van der Waals surface area contributed by atoms with Gasteiger partial charge in [-0.15, -0.1) is 29.3 Å². The molecule has 0 spiro atoms. The van der Waals surface area contributed by atoms with E-state index in [0.717, 1.165) is 66.6 Å². The van der Waals surface area contributed by atoms with E-state index in [4.69, 9.17) is 14.4 Å². The molecule has 0 bridgehead atoms. The zero-order valence-corrected chi connectivity index (χ0v) is 31.1. The van der Waals surface area contributed by atoms with Gasteiger partial charge in [0.05, 0.1) is 16.6 Å². The van der Waals surface area contributed by atoms with Crippen molar-refractivity contribution in [2.24, 2.45) is 0 Å². The van der Waals surface area contributed by atoms with Gasteiger partial charge in [-0.1, -0.05) is 117 Å². The predicted octanol–water partition coefficient (Wildman–Crippen LogP) is 11.8. The number of hydrogen-bond donors (Lipinski definition) is 1. The number of phenolic OH excluding ortho intramolecular Hbond substituents is 1. The number of phenols is 1. The fraction of sp³-hybridized carbons (Fsp3) is 0.0870. The van der Waals surface area contributed by atoms with Crippen LogP contribution in [-0.2, 0) is 26.5 Å². The SMILES string of the molecule is CC(C)(C)c1cc(-c2cc(-c3ccccc3)ccn2)[c-]c(-c2cccc3c2nc(-c2cc4oc5ccccc5c4cc2O)n3-c2ccccc2)c1.[Pt]. The maximum Gasteiger partial charge on any atom is 0.148 e. The molecule has 0 atom stereocenters. The molecule has 6 heteroatoms. The smallest absolute Gasteiger partial charge is 0.148 e. The van der Waals surface area contributed by atoms with Crippen molar-refractivity contribution < 1.29 is 30.6 Å². The predicted molar refractivity (Wildman–Crippen MR) is 207 cm³/mol. The van der Waals surface area contributed by atoms with Gasteiger partial charge in [-0.2, -0.15) is 0 Å². The zero-order valence-electron chi connectivity index (χ0n) is 28.9. The van der Waals surface area contributed by atoms with Crippen molar-refractivity contribution in [3.63, 3.8) is 0 Å². The van der Waals surface area contributed by atoms with Gasteiger partial charge in [0.1, 0.15) is 22.7 Å². The number of benzene rings is 6. The molecule has 0 amide bonds. The van der Waals surface area contributed by atoms with Gasteiger partial charge < -0.3 is 9.52 Å². The minimum absolute atomic E-state index is 0. The number of imidazole rings is 1. The van der Waals surface area contributed by atoms with Gasteiger partial charge in [0.15, 0.2) is 0 Å². The minimum Gasteiger partial charge on any atom is -0.507 e. The number of fused-ring (bicyclic) bond motifs is 4. The molecule has 1 N–H and O–H groups in total. The summed E-state index contributed by atoms with van der Waals surface area (Å²) in [5.41, 5.74) is 11.6. The van der Waals surface area contributed by atoms with Crippen LogP contribution in [0.15, 0.2) is 150 Å². The van der Waals surface area contributed by atoms with Crippen molar-refractivity contribution >= 4 is 33.0 Å². The van der Waals surface area contributed by atoms with E-state index in [1.807, 2.05) is 66.9 Å². The summed E-state index contributed by atoms with van der Waals surface area (Å²) >= 11 is 0. The van der Waals surface area contributed by atoms with Gasteiger partial charge in [0.25, 0.3) is 0 Å². The number of aromatic hydroxyl groups is 1. The fourth-order valence-corrected chi connectivity index (χ4v) is 6.95. The molecule has 52 heavy (non-hydrogen) atoms. The molecule has 0 unspecified atom stereocenters. The summed E-state index contributed by atoms with van der Waals surface area (Å²) in [7, 11) is 0. The monoisotopic (exact) mass is 855 g/mol. The molecule has 0 aliphatic carbocycles. The van der Waals surface area contributed by atoms with E-state index in [-0.39, 0.29) is 32.2 Å². The Kier molecular flexibility index (Phi) is 8.40. The molecule has 0 radical (unpaired) electrons. The third kappa shape index (κ3) is 5.81. The van der Waals surface area contributed by atoms with Gasteiger partial charge in [0.2, 0.25) is 0 Å². The Morgan fingerprint density at radius 3 is 2.17 bits per heavy atom. The maximum atomic E-state index is 11.6. The van der Waals surface area contributed by atoms with Crippen molar-refractivity contribution in [2.75, 3.05) is 0 Å². The molecule has 0 fully saturated rings. The van der Waals surface area contributed by atoms with Crippen LogP contribution in [0.2, 0.25) is 0 Å². The Labute approximate surface area is 316 Å². The van der Waals surface area contributed by atoms with Crippen LogP contribution in [-0.4, -0.2) is 19.6 Å². The first-order chi connectivity index (χ1) is 24.8. The average molecular weight is 856 g/mol.